The zero-order valence-corrected chi connectivity index (χ0v) is 16.7. The first kappa shape index (κ1) is 19.8. The van der Waals surface area contributed by atoms with Gasteiger partial charge in [0.15, 0.2) is 0 Å². The lowest BCUT2D eigenvalue weighted by Gasteiger charge is -2.02. The molecule has 0 bridgehead atoms. The molecule has 0 saturated carbocycles. The Morgan fingerprint density at radius 1 is 0.867 bits per heavy atom. The van der Waals surface area contributed by atoms with Crippen LogP contribution in [0.15, 0.2) is 85.9 Å². The van der Waals surface area contributed by atoms with Crippen LogP contribution in [-0.4, -0.2) is 33.6 Å². The number of amides is 1. The SMILES string of the molecule is NC(=O)C(=CC1=C(O)c2ccccc2S1(=O)=O)C=C1C(=O)c2ccccc2S1(=O)=O. The van der Waals surface area contributed by atoms with E-state index in [1.807, 2.05) is 0 Å². The summed E-state index contributed by atoms with van der Waals surface area (Å²) >= 11 is 0. The van der Waals surface area contributed by atoms with Crippen molar-refractivity contribution in [3.63, 3.8) is 0 Å². The second kappa shape index (κ2) is 6.51. The molecular weight excluding hydrogens is 430 g/mol. The average Bonchev–Trinajstić information content (AvgIpc) is 3.02. The summed E-state index contributed by atoms with van der Waals surface area (Å²) in [7, 11) is -8.39. The van der Waals surface area contributed by atoms with E-state index in [0.29, 0.717) is 0 Å². The van der Waals surface area contributed by atoms with Gasteiger partial charge in [0.05, 0.1) is 9.79 Å². The molecule has 152 valence electrons. The van der Waals surface area contributed by atoms with Gasteiger partial charge in [-0.25, -0.2) is 16.8 Å². The minimum absolute atomic E-state index is 0.0391. The standard InChI is InChI=1S/C20H13NO7S2/c21-20(24)11(9-16-18(22)12-5-1-3-7-14(12)29(16,25)26)10-17-19(23)13-6-2-4-8-15(13)30(17,27)28/h1-10,22H,(H2,21,24). The Kier molecular flexibility index (Phi) is 4.29. The van der Waals surface area contributed by atoms with Crippen LogP contribution in [0.2, 0.25) is 0 Å². The third-order valence-corrected chi connectivity index (χ3v) is 8.39. The maximum absolute atomic E-state index is 12.7. The number of carbonyl (C=O) groups excluding carboxylic acids is 2. The van der Waals surface area contributed by atoms with Crippen molar-refractivity contribution in [2.75, 3.05) is 0 Å². The maximum atomic E-state index is 12.7. The van der Waals surface area contributed by atoms with Crippen LogP contribution in [0, 0.1) is 0 Å². The summed E-state index contributed by atoms with van der Waals surface area (Å²) < 4.78 is 50.9. The molecule has 0 aliphatic carbocycles. The van der Waals surface area contributed by atoms with Crippen molar-refractivity contribution in [1.82, 2.24) is 0 Å². The van der Waals surface area contributed by atoms with E-state index in [0.717, 1.165) is 12.2 Å². The monoisotopic (exact) mass is 443 g/mol. The fraction of sp³-hybridized carbons (Fsp3) is 0. The van der Waals surface area contributed by atoms with Crippen molar-refractivity contribution in [2.45, 2.75) is 9.79 Å². The number of hydrogen-bond donors (Lipinski definition) is 2. The number of ketones is 1. The van der Waals surface area contributed by atoms with Gasteiger partial charge >= 0.3 is 0 Å². The number of sulfone groups is 2. The average molecular weight is 443 g/mol. The molecule has 2 aliphatic rings. The molecule has 2 aromatic rings. The van der Waals surface area contributed by atoms with Gasteiger partial charge in [-0.1, -0.05) is 24.3 Å². The molecule has 0 aromatic heterocycles. The predicted octanol–water partition coefficient (Wildman–Crippen LogP) is 1.67. The van der Waals surface area contributed by atoms with Gasteiger partial charge in [0, 0.05) is 16.7 Å². The molecule has 0 spiro atoms. The zero-order chi connectivity index (χ0) is 21.8. The van der Waals surface area contributed by atoms with E-state index in [1.54, 1.807) is 0 Å². The van der Waals surface area contributed by atoms with Crippen LogP contribution in [0.4, 0.5) is 0 Å². The first-order valence-corrected chi connectivity index (χ1v) is 11.4. The van der Waals surface area contributed by atoms with Crippen molar-refractivity contribution in [2.24, 2.45) is 5.73 Å². The van der Waals surface area contributed by atoms with E-state index in [2.05, 4.69) is 0 Å². The molecule has 2 aliphatic heterocycles. The Balaban J connectivity index is 1.91. The summed E-state index contributed by atoms with van der Waals surface area (Å²) in [4.78, 5) is 22.8. The van der Waals surface area contributed by atoms with Crippen LogP contribution < -0.4 is 5.73 Å². The number of rotatable bonds is 3. The number of Topliss-reactive ketones (excluding diaryl/α,β-unsaturated/α-hetero) is 1. The molecule has 0 fully saturated rings. The highest BCUT2D eigenvalue weighted by Crippen LogP contribution is 2.39. The van der Waals surface area contributed by atoms with E-state index >= 15 is 0 Å². The predicted molar refractivity (Wildman–Crippen MR) is 106 cm³/mol. The summed E-state index contributed by atoms with van der Waals surface area (Å²) in [5.74, 6) is -2.62. The lowest BCUT2D eigenvalue weighted by atomic mass is 10.1. The minimum atomic E-state index is -4.22. The fourth-order valence-electron chi connectivity index (χ4n) is 3.29. The molecule has 0 radical (unpaired) electrons. The van der Waals surface area contributed by atoms with Crippen molar-refractivity contribution < 1.29 is 31.5 Å². The summed E-state index contributed by atoms with van der Waals surface area (Å²) in [6, 6.07) is 11.2. The number of carbonyl (C=O) groups is 2. The van der Waals surface area contributed by atoms with Gasteiger partial charge in [-0.15, -0.1) is 0 Å². The normalized spacial score (nSPS) is 20.3. The Labute approximate surface area is 171 Å². The van der Waals surface area contributed by atoms with Crippen molar-refractivity contribution in [3.8, 4) is 0 Å². The van der Waals surface area contributed by atoms with E-state index in [1.165, 1.54) is 48.5 Å². The van der Waals surface area contributed by atoms with Gasteiger partial charge in [0.1, 0.15) is 15.6 Å². The third kappa shape index (κ3) is 2.72. The number of aliphatic hydroxyl groups is 1. The smallest absolute Gasteiger partial charge is 0.248 e. The van der Waals surface area contributed by atoms with Crippen LogP contribution in [0.5, 0.6) is 0 Å². The van der Waals surface area contributed by atoms with Crippen molar-refractivity contribution >= 4 is 37.1 Å². The van der Waals surface area contributed by atoms with E-state index in [-0.39, 0.29) is 20.9 Å². The topological polar surface area (TPSA) is 149 Å². The van der Waals surface area contributed by atoms with Crippen LogP contribution in [0.3, 0.4) is 0 Å². The Bertz CT molecular complexity index is 1460. The first-order valence-electron chi connectivity index (χ1n) is 8.46. The van der Waals surface area contributed by atoms with E-state index in [4.69, 9.17) is 5.73 Å². The Morgan fingerprint density at radius 2 is 1.40 bits per heavy atom. The summed E-state index contributed by atoms with van der Waals surface area (Å²) in [5.41, 5.74) is 4.73. The van der Waals surface area contributed by atoms with Crippen LogP contribution in [-0.2, 0) is 24.5 Å². The highest BCUT2D eigenvalue weighted by Gasteiger charge is 2.40. The molecule has 0 unspecified atom stereocenters. The van der Waals surface area contributed by atoms with E-state index < -0.39 is 52.5 Å². The van der Waals surface area contributed by atoms with Gasteiger partial charge in [-0.2, -0.15) is 0 Å². The zero-order valence-electron chi connectivity index (χ0n) is 15.1. The first-order chi connectivity index (χ1) is 14.1. The number of aliphatic hydroxyl groups excluding tert-OH is 1. The number of hydrogen-bond acceptors (Lipinski definition) is 7. The van der Waals surface area contributed by atoms with Crippen molar-refractivity contribution in [1.29, 1.82) is 0 Å². The highest BCUT2D eigenvalue weighted by atomic mass is 32.2. The Hall–Kier alpha value is -3.50. The highest BCUT2D eigenvalue weighted by molar-refractivity contribution is 7.97. The molecule has 10 heteroatoms. The molecule has 2 aromatic carbocycles. The molecule has 30 heavy (non-hydrogen) atoms. The van der Waals surface area contributed by atoms with Gasteiger partial charge in [0.2, 0.25) is 31.4 Å². The van der Waals surface area contributed by atoms with Crippen LogP contribution in [0.1, 0.15) is 15.9 Å². The van der Waals surface area contributed by atoms with Crippen LogP contribution in [0.25, 0.3) is 5.76 Å². The molecule has 2 heterocycles. The van der Waals surface area contributed by atoms with Gasteiger partial charge in [-0.3, -0.25) is 9.59 Å². The molecule has 3 N–H and O–H groups in total. The maximum Gasteiger partial charge on any atom is 0.248 e. The number of benzene rings is 2. The molecule has 0 atom stereocenters. The Morgan fingerprint density at radius 3 is 1.93 bits per heavy atom. The molecule has 4 rings (SSSR count). The van der Waals surface area contributed by atoms with Gasteiger partial charge in [-0.05, 0) is 36.4 Å². The lowest BCUT2D eigenvalue weighted by Crippen LogP contribution is -2.15. The molecular formula is C20H13NO7S2. The second-order valence-corrected chi connectivity index (χ2v) is 10.3. The third-order valence-electron chi connectivity index (χ3n) is 4.75. The molecule has 8 nitrogen and oxygen atoms in total. The fourth-order valence-corrected chi connectivity index (χ4v) is 6.47. The summed E-state index contributed by atoms with van der Waals surface area (Å²) in [6.07, 6.45) is 1.50. The number of allylic oxidation sites excluding steroid dienone is 2. The number of fused-ring (bicyclic) bond motifs is 2. The van der Waals surface area contributed by atoms with Crippen LogP contribution >= 0.6 is 0 Å². The minimum Gasteiger partial charge on any atom is -0.506 e. The lowest BCUT2D eigenvalue weighted by molar-refractivity contribution is -0.114. The summed E-state index contributed by atoms with van der Waals surface area (Å²) in [5, 5.41) is 10.4. The van der Waals surface area contributed by atoms with E-state index in [9.17, 15) is 31.5 Å². The van der Waals surface area contributed by atoms with Gasteiger partial charge in [0.25, 0.3) is 0 Å². The quantitative estimate of drug-likeness (QED) is 0.685. The molecule has 0 saturated heterocycles. The van der Waals surface area contributed by atoms with Gasteiger partial charge < -0.3 is 10.8 Å². The number of nitrogens with two attached hydrogens (primary N) is 1. The number of primary amides is 1. The largest absolute Gasteiger partial charge is 0.506 e. The summed E-state index contributed by atoms with van der Waals surface area (Å²) in [6.45, 7) is 0. The molecule has 1 amide bonds. The van der Waals surface area contributed by atoms with Crippen molar-refractivity contribution in [3.05, 3.63) is 87.2 Å². The second-order valence-electron chi connectivity index (χ2n) is 6.51.